The smallest absolute Gasteiger partial charge is 0.410 e. The maximum Gasteiger partial charge on any atom is 0.410 e. The standard InChI is InChI=1S/C14H25NO5/c1-14(2,3)20-13(18)15(4)11(12(16)17)9-10-5-7-19-8-6-10/h10-11H,5-9H2,1-4H3,(H,16,17). The second-order valence-electron chi connectivity index (χ2n) is 6.24. The largest absolute Gasteiger partial charge is 0.480 e. The van der Waals surface area contributed by atoms with Crippen LogP contribution in [0.1, 0.15) is 40.0 Å². The Morgan fingerprint density at radius 1 is 1.35 bits per heavy atom. The highest BCUT2D eigenvalue weighted by Crippen LogP contribution is 2.23. The number of amides is 1. The van der Waals surface area contributed by atoms with Crippen molar-refractivity contribution in [3.05, 3.63) is 0 Å². The van der Waals surface area contributed by atoms with Gasteiger partial charge in [0.05, 0.1) is 0 Å². The number of ether oxygens (including phenoxy) is 2. The van der Waals surface area contributed by atoms with Crippen molar-refractivity contribution in [2.45, 2.75) is 51.7 Å². The fourth-order valence-corrected chi connectivity index (χ4v) is 2.18. The summed E-state index contributed by atoms with van der Waals surface area (Å²) >= 11 is 0. The Labute approximate surface area is 120 Å². The van der Waals surface area contributed by atoms with E-state index >= 15 is 0 Å². The van der Waals surface area contributed by atoms with Gasteiger partial charge in [-0.15, -0.1) is 0 Å². The van der Waals surface area contributed by atoms with Gasteiger partial charge in [0.25, 0.3) is 0 Å². The van der Waals surface area contributed by atoms with Crippen LogP contribution in [0.2, 0.25) is 0 Å². The van der Waals surface area contributed by atoms with Gasteiger partial charge in [0.2, 0.25) is 0 Å². The molecule has 1 aliphatic rings. The van der Waals surface area contributed by atoms with E-state index in [2.05, 4.69) is 0 Å². The molecule has 0 saturated carbocycles. The number of hydrogen-bond donors (Lipinski definition) is 1. The van der Waals surface area contributed by atoms with Gasteiger partial charge in [-0.1, -0.05) is 0 Å². The molecule has 20 heavy (non-hydrogen) atoms. The van der Waals surface area contributed by atoms with Crippen molar-refractivity contribution in [1.82, 2.24) is 4.90 Å². The SMILES string of the molecule is CN(C(=O)OC(C)(C)C)C(CC1CCOCC1)C(=O)O. The third-order valence-corrected chi connectivity index (χ3v) is 3.33. The fraction of sp³-hybridized carbons (Fsp3) is 0.857. The monoisotopic (exact) mass is 287 g/mol. The molecule has 1 atom stereocenters. The topological polar surface area (TPSA) is 76.1 Å². The molecule has 0 bridgehead atoms. The molecule has 0 aromatic heterocycles. The van der Waals surface area contributed by atoms with Crippen molar-refractivity contribution in [2.24, 2.45) is 5.92 Å². The Kier molecular flexibility index (Phi) is 5.80. The minimum absolute atomic E-state index is 0.273. The zero-order valence-electron chi connectivity index (χ0n) is 12.7. The Morgan fingerprint density at radius 2 is 1.90 bits per heavy atom. The zero-order valence-corrected chi connectivity index (χ0v) is 12.7. The number of aliphatic carboxylic acids is 1. The van der Waals surface area contributed by atoms with Crippen molar-refractivity contribution in [3.63, 3.8) is 0 Å². The Hall–Kier alpha value is -1.30. The van der Waals surface area contributed by atoms with E-state index in [1.165, 1.54) is 11.9 Å². The van der Waals surface area contributed by atoms with Crippen LogP contribution in [0.3, 0.4) is 0 Å². The van der Waals surface area contributed by atoms with Gasteiger partial charge >= 0.3 is 12.1 Å². The number of carboxylic acid groups (broad SMARTS) is 1. The van der Waals surface area contributed by atoms with Gasteiger partial charge in [-0.2, -0.15) is 0 Å². The Bertz CT molecular complexity index is 344. The molecule has 0 spiro atoms. The van der Waals surface area contributed by atoms with Crippen molar-refractivity contribution < 1.29 is 24.2 Å². The Balaban J connectivity index is 2.64. The molecule has 1 aliphatic heterocycles. The lowest BCUT2D eigenvalue weighted by atomic mass is 9.92. The highest BCUT2D eigenvalue weighted by atomic mass is 16.6. The van der Waals surface area contributed by atoms with Crippen LogP contribution in [0.5, 0.6) is 0 Å². The summed E-state index contributed by atoms with van der Waals surface area (Å²) in [6.45, 7) is 6.59. The third kappa shape index (κ3) is 5.36. The first-order valence-electron chi connectivity index (χ1n) is 6.97. The Morgan fingerprint density at radius 3 is 2.35 bits per heavy atom. The van der Waals surface area contributed by atoms with E-state index < -0.39 is 23.7 Å². The van der Waals surface area contributed by atoms with E-state index in [9.17, 15) is 14.7 Å². The van der Waals surface area contributed by atoms with Crippen LogP contribution in [0, 0.1) is 5.92 Å². The van der Waals surface area contributed by atoms with Crippen LogP contribution in [-0.4, -0.2) is 54.0 Å². The first-order chi connectivity index (χ1) is 9.20. The minimum atomic E-state index is -0.996. The predicted molar refractivity (Wildman–Crippen MR) is 73.6 cm³/mol. The average Bonchev–Trinajstić information content (AvgIpc) is 2.34. The average molecular weight is 287 g/mol. The van der Waals surface area contributed by atoms with Gasteiger partial charge in [-0.25, -0.2) is 9.59 Å². The molecule has 1 amide bonds. The second kappa shape index (κ2) is 6.92. The lowest BCUT2D eigenvalue weighted by Crippen LogP contribution is -2.46. The van der Waals surface area contributed by atoms with Crippen molar-refractivity contribution >= 4 is 12.1 Å². The number of carbonyl (C=O) groups is 2. The highest BCUT2D eigenvalue weighted by molar-refractivity contribution is 5.80. The molecule has 1 N–H and O–H groups in total. The van der Waals surface area contributed by atoms with Gasteiger partial charge in [0, 0.05) is 20.3 Å². The van der Waals surface area contributed by atoms with E-state index in [4.69, 9.17) is 9.47 Å². The summed E-state index contributed by atoms with van der Waals surface area (Å²) in [5.74, 6) is -0.723. The number of likely N-dealkylation sites (N-methyl/N-ethyl adjacent to an activating group) is 1. The van der Waals surface area contributed by atoms with Crippen molar-refractivity contribution in [2.75, 3.05) is 20.3 Å². The molecular formula is C14H25NO5. The number of carbonyl (C=O) groups excluding carboxylic acids is 1. The molecule has 1 heterocycles. The summed E-state index contributed by atoms with van der Waals surface area (Å²) in [5.41, 5.74) is -0.632. The van der Waals surface area contributed by atoms with Gasteiger partial charge in [0.1, 0.15) is 11.6 Å². The van der Waals surface area contributed by atoms with Crippen LogP contribution < -0.4 is 0 Å². The molecule has 1 fully saturated rings. The summed E-state index contributed by atoms with van der Waals surface area (Å²) in [7, 11) is 1.48. The summed E-state index contributed by atoms with van der Waals surface area (Å²) < 4.78 is 10.5. The summed E-state index contributed by atoms with van der Waals surface area (Å²) in [4.78, 5) is 24.5. The van der Waals surface area contributed by atoms with Crippen LogP contribution in [-0.2, 0) is 14.3 Å². The quantitative estimate of drug-likeness (QED) is 0.857. The van der Waals surface area contributed by atoms with Crippen molar-refractivity contribution in [1.29, 1.82) is 0 Å². The lowest BCUT2D eigenvalue weighted by molar-refractivity contribution is -0.143. The molecule has 0 aliphatic carbocycles. The first kappa shape index (κ1) is 16.8. The first-order valence-corrected chi connectivity index (χ1v) is 6.97. The maximum absolute atomic E-state index is 12.0. The minimum Gasteiger partial charge on any atom is -0.480 e. The molecular weight excluding hydrogens is 262 g/mol. The number of rotatable bonds is 4. The number of nitrogens with zero attached hydrogens (tertiary/aromatic N) is 1. The molecule has 6 nitrogen and oxygen atoms in total. The fourth-order valence-electron chi connectivity index (χ4n) is 2.18. The molecule has 116 valence electrons. The molecule has 1 unspecified atom stereocenters. The highest BCUT2D eigenvalue weighted by Gasteiger charge is 2.32. The van der Waals surface area contributed by atoms with Crippen LogP contribution in [0.25, 0.3) is 0 Å². The maximum atomic E-state index is 12.0. The van der Waals surface area contributed by atoms with E-state index in [1.807, 2.05) is 0 Å². The molecule has 0 aromatic carbocycles. The van der Waals surface area contributed by atoms with Gasteiger partial charge in [-0.3, -0.25) is 4.90 Å². The van der Waals surface area contributed by atoms with Gasteiger partial charge in [0.15, 0.2) is 0 Å². The second-order valence-corrected chi connectivity index (χ2v) is 6.24. The molecule has 0 aromatic rings. The molecule has 1 saturated heterocycles. The lowest BCUT2D eigenvalue weighted by Gasteiger charge is -2.31. The van der Waals surface area contributed by atoms with E-state index in [1.54, 1.807) is 20.8 Å². The molecule has 0 radical (unpaired) electrons. The normalized spacial score (nSPS) is 18.4. The van der Waals surface area contributed by atoms with E-state index in [0.717, 1.165) is 12.8 Å². The summed E-state index contributed by atoms with van der Waals surface area (Å²) in [6, 6.07) is -0.854. The number of carboxylic acids is 1. The molecule has 6 heteroatoms. The summed E-state index contributed by atoms with van der Waals surface area (Å²) in [6.07, 6.45) is 1.52. The van der Waals surface area contributed by atoms with E-state index in [-0.39, 0.29) is 5.92 Å². The predicted octanol–water partition coefficient (Wildman–Crippen LogP) is 2.12. The van der Waals surface area contributed by atoms with Crippen LogP contribution in [0.4, 0.5) is 4.79 Å². The molecule has 1 rings (SSSR count). The van der Waals surface area contributed by atoms with Crippen LogP contribution in [0.15, 0.2) is 0 Å². The van der Waals surface area contributed by atoms with Gasteiger partial charge < -0.3 is 14.6 Å². The van der Waals surface area contributed by atoms with Crippen LogP contribution >= 0.6 is 0 Å². The summed E-state index contributed by atoms with van der Waals surface area (Å²) in [5, 5.41) is 9.34. The van der Waals surface area contributed by atoms with E-state index in [0.29, 0.717) is 19.6 Å². The van der Waals surface area contributed by atoms with Gasteiger partial charge in [-0.05, 0) is 46.0 Å². The zero-order chi connectivity index (χ0) is 15.3. The third-order valence-electron chi connectivity index (χ3n) is 3.33. The van der Waals surface area contributed by atoms with Crippen molar-refractivity contribution in [3.8, 4) is 0 Å². The number of hydrogen-bond acceptors (Lipinski definition) is 4.